The van der Waals surface area contributed by atoms with Crippen molar-refractivity contribution in [2.45, 2.75) is 18.9 Å². The highest BCUT2D eigenvalue weighted by molar-refractivity contribution is 5.85. The lowest BCUT2D eigenvalue weighted by molar-refractivity contribution is 0.698. The van der Waals surface area contributed by atoms with Crippen LogP contribution in [0.1, 0.15) is 23.7 Å². The van der Waals surface area contributed by atoms with E-state index in [1.165, 1.54) is 5.56 Å². The van der Waals surface area contributed by atoms with Crippen LogP contribution in [0.25, 0.3) is 0 Å². The average Bonchev–Trinajstić information content (AvgIpc) is 2.34. The average molecular weight is 207 g/mol. The van der Waals surface area contributed by atoms with Crippen molar-refractivity contribution in [1.29, 1.82) is 0 Å². The summed E-state index contributed by atoms with van der Waals surface area (Å²) in [6.07, 6.45) is 3.97. The fourth-order valence-electron chi connectivity index (χ4n) is 1.44. The highest BCUT2D eigenvalue weighted by Gasteiger charge is 2.18. The van der Waals surface area contributed by atoms with Gasteiger partial charge in [-0.2, -0.15) is 0 Å². The summed E-state index contributed by atoms with van der Waals surface area (Å²) in [4.78, 5) is 4.22. The van der Waals surface area contributed by atoms with Crippen molar-refractivity contribution in [3.05, 3.63) is 29.6 Å². The molecule has 1 atom stereocenters. The fraction of sp³-hybridized carbons (Fsp3) is 0.375. The lowest BCUT2D eigenvalue weighted by Crippen LogP contribution is -2.06. The first-order valence-electron chi connectivity index (χ1n) is 3.57. The number of nitrogens with zero attached hydrogens (tertiary/aromatic N) is 1. The van der Waals surface area contributed by atoms with Crippen LogP contribution in [0.3, 0.4) is 0 Å². The molecule has 0 amide bonds. The molecule has 0 radical (unpaired) electrons. The molecule has 1 unspecified atom stereocenters. The largest absolute Gasteiger partial charge is 0.323 e. The molecule has 2 N–H and O–H groups in total. The Labute approximate surface area is 84.4 Å². The van der Waals surface area contributed by atoms with Crippen molar-refractivity contribution >= 4 is 24.8 Å². The number of hydrogen-bond donors (Lipinski definition) is 1. The molecular formula is C8H12Cl2N2. The van der Waals surface area contributed by atoms with E-state index in [1.54, 1.807) is 0 Å². The highest BCUT2D eigenvalue weighted by atomic mass is 35.5. The second-order valence-corrected chi connectivity index (χ2v) is 2.69. The van der Waals surface area contributed by atoms with Gasteiger partial charge in [-0.15, -0.1) is 24.8 Å². The van der Waals surface area contributed by atoms with E-state index in [9.17, 15) is 0 Å². The van der Waals surface area contributed by atoms with Crippen LogP contribution in [0.4, 0.5) is 0 Å². The zero-order valence-electron chi connectivity index (χ0n) is 6.56. The molecular weight excluding hydrogens is 195 g/mol. The molecule has 0 aromatic carbocycles. The van der Waals surface area contributed by atoms with Gasteiger partial charge in [-0.3, -0.25) is 4.98 Å². The molecule has 0 saturated carbocycles. The van der Waals surface area contributed by atoms with Gasteiger partial charge in [0.05, 0.1) is 5.69 Å². The van der Waals surface area contributed by atoms with E-state index in [1.807, 2.05) is 12.3 Å². The maximum atomic E-state index is 5.78. The lowest BCUT2D eigenvalue weighted by atomic mass is 10.2. The predicted molar refractivity (Wildman–Crippen MR) is 54.0 cm³/mol. The van der Waals surface area contributed by atoms with Gasteiger partial charge < -0.3 is 5.73 Å². The first-order valence-corrected chi connectivity index (χ1v) is 3.57. The van der Waals surface area contributed by atoms with Gasteiger partial charge in [-0.05, 0) is 24.5 Å². The third-order valence-electron chi connectivity index (χ3n) is 2.00. The molecule has 1 aromatic heterocycles. The zero-order valence-corrected chi connectivity index (χ0v) is 8.20. The number of aryl methyl sites for hydroxylation is 1. The molecule has 1 heterocycles. The van der Waals surface area contributed by atoms with Crippen LogP contribution in [-0.4, -0.2) is 4.98 Å². The second kappa shape index (κ2) is 4.65. The molecule has 0 saturated heterocycles. The summed E-state index contributed by atoms with van der Waals surface area (Å²) in [6, 6.07) is 4.27. The van der Waals surface area contributed by atoms with Crippen LogP contribution in [0.5, 0.6) is 0 Å². The number of pyridine rings is 1. The Morgan fingerprint density at radius 3 is 2.83 bits per heavy atom. The smallest absolute Gasteiger partial charge is 0.0602 e. The Kier molecular flexibility index (Phi) is 4.53. The maximum absolute atomic E-state index is 5.78. The minimum Gasteiger partial charge on any atom is -0.323 e. The van der Waals surface area contributed by atoms with E-state index < -0.39 is 0 Å². The van der Waals surface area contributed by atoms with Gasteiger partial charge in [-0.1, -0.05) is 6.07 Å². The minimum atomic E-state index is 0. The molecule has 0 aliphatic heterocycles. The van der Waals surface area contributed by atoms with Gasteiger partial charge in [0.15, 0.2) is 0 Å². The van der Waals surface area contributed by atoms with Crippen molar-refractivity contribution in [2.24, 2.45) is 5.73 Å². The third kappa shape index (κ3) is 1.89. The van der Waals surface area contributed by atoms with Crippen LogP contribution >= 0.6 is 24.8 Å². The van der Waals surface area contributed by atoms with Gasteiger partial charge >= 0.3 is 0 Å². The molecule has 12 heavy (non-hydrogen) atoms. The number of nitrogens with two attached hydrogens (primary N) is 1. The minimum absolute atomic E-state index is 0. The number of halogens is 2. The van der Waals surface area contributed by atoms with Gasteiger partial charge in [0.2, 0.25) is 0 Å². The van der Waals surface area contributed by atoms with Crippen LogP contribution in [0, 0.1) is 0 Å². The van der Waals surface area contributed by atoms with Crippen molar-refractivity contribution in [1.82, 2.24) is 4.98 Å². The van der Waals surface area contributed by atoms with E-state index in [2.05, 4.69) is 11.1 Å². The van der Waals surface area contributed by atoms with Crippen molar-refractivity contribution in [3.63, 3.8) is 0 Å². The quantitative estimate of drug-likeness (QED) is 0.705. The van der Waals surface area contributed by atoms with Crippen LogP contribution in [0.2, 0.25) is 0 Å². The van der Waals surface area contributed by atoms with Crippen LogP contribution in [0.15, 0.2) is 18.3 Å². The highest BCUT2D eigenvalue weighted by Crippen LogP contribution is 2.25. The first-order chi connectivity index (χ1) is 4.88. The molecule has 2 rings (SSSR count). The third-order valence-corrected chi connectivity index (χ3v) is 2.00. The molecule has 0 fully saturated rings. The number of aromatic nitrogens is 1. The first kappa shape index (κ1) is 11.7. The summed E-state index contributed by atoms with van der Waals surface area (Å²) in [5.74, 6) is 0. The molecule has 0 spiro atoms. The lowest BCUT2D eigenvalue weighted by Gasteiger charge is -2.00. The number of rotatable bonds is 0. The maximum Gasteiger partial charge on any atom is 0.0602 e. The number of hydrogen-bond acceptors (Lipinski definition) is 2. The SMILES string of the molecule is Cl.Cl.NC1CCc2cccnc21. The van der Waals surface area contributed by atoms with E-state index in [0.29, 0.717) is 0 Å². The Morgan fingerprint density at radius 1 is 1.42 bits per heavy atom. The van der Waals surface area contributed by atoms with E-state index in [0.717, 1.165) is 18.5 Å². The van der Waals surface area contributed by atoms with Crippen LogP contribution < -0.4 is 5.73 Å². The Hall–Kier alpha value is -0.310. The fourth-order valence-corrected chi connectivity index (χ4v) is 1.44. The summed E-state index contributed by atoms with van der Waals surface area (Å²) < 4.78 is 0. The molecule has 1 aliphatic rings. The summed E-state index contributed by atoms with van der Waals surface area (Å²) in [5, 5.41) is 0. The molecule has 2 nitrogen and oxygen atoms in total. The molecule has 68 valence electrons. The monoisotopic (exact) mass is 206 g/mol. The zero-order chi connectivity index (χ0) is 6.97. The normalized spacial score (nSPS) is 18.9. The van der Waals surface area contributed by atoms with Gasteiger partial charge in [0.1, 0.15) is 0 Å². The van der Waals surface area contributed by atoms with E-state index >= 15 is 0 Å². The summed E-state index contributed by atoms with van der Waals surface area (Å²) in [6.45, 7) is 0. The number of fused-ring (bicyclic) bond motifs is 1. The topological polar surface area (TPSA) is 38.9 Å². The summed E-state index contributed by atoms with van der Waals surface area (Å²) >= 11 is 0. The molecule has 0 bridgehead atoms. The second-order valence-electron chi connectivity index (χ2n) is 2.69. The molecule has 1 aromatic rings. The van der Waals surface area contributed by atoms with Gasteiger partial charge in [0.25, 0.3) is 0 Å². The van der Waals surface area contributed by atoms with Crippen LogP contribution in [-0.2, 0) is 6.42 Å². The van der Waals surface area contributed by atoms with Crippen molar-refractivity contribution < 1.29 is 0 Å². The van der Waals surface area contributed by atoms with Crippen molar-refractivity contribution in [3.8, 4) is 0 Å². The Morgan fingerprint density at radius 2 is 2.17 bits per heavy atom. The van der Waals surface area contributed by atoms with E-state index in [-0.39, 0.29) is 30.9 Å². The molecule has 1 aliphatic carbocycles. The van der Waals surface area contributed by atoms with E-state index in [4.69, 9.17) is 5.73 Å². The molecule has 4 heteroatoms. The summed E-state index contributed by atoms with van der Waals surface area (Å²) in [7, 11) is 0. The van der Waals surface area contributed by atoms with Gasteiger partial charge in [0, 0.05) is 12.2 Å². The Bertz CT molecular complexity index is 253. The van der Waals surface area contributed by atoms with Gasteiger partial charge in [-0.25, -0.2) is 0 Å². The Balaban J connectivity index is 0.000000605. The standard InChI is InChI=1S/C8H10N2.2ClH/c9-7-4-3-6-2-1-5-10-8(6)7;;/h1-2,5,7H,3-4,9H2;2*1H. The predicted octanol–water partition coefficient (Wildman–Crippen LogP) is 1.87. The van der Waals surface area contributed by atoms with Crippen molar-refractivity contribution in [2.75, 3.05) is 0 Å². The summed E-state index contributed by atoms with van der Waals surface area (Å²) in [5.41, 5.74) is 8.21.